The second-order valence-corrected chi connectivity index (χ2v) is 9.94. The van der Waals surface area contributed by atoms with Gasteiger partial charge in [-0.2, -0.15) is 5.10 Å². The molecule has 0 aliphatic carbocycles. The molecule has 1 aromatic carbocycles. The fourth-order valence-corrected chi connectivity index (χ4v) is 5.19. The topological polar surface area (TPSA) is 105 Å². The van der Waals surface area contributed by atoms with Gasteiger partial charge in [0.05, 0.1) is 17.5 Å². The summed E-state index contributed by atoms with van der Waals surface area (Å²) in [5.74, 6) is -2.00. The summed E-state index contributed by atoms with van der Waals surface area (Å²) in [6.07, 6.45) is 7.00. The fourth-order valence-electron chi connectivity index (χ4n) is 3.43. The molecule has 0 spiro atoms. The van der Waals surface area contributed by atoms with E-state index in [2.05, 4.69) is 10.1 Å². The molecule has 0 fully saturated rings. The summed E-state index contributed by atoms with van der Waals surface area (Å²) in [7, 11) is -3.81. The lowest BCUT2D eigenvalue weighted by Crippen LogP contribution is -2.47. The number of benzene rings is 1. The van der Waals surface area contributed by atoms with Crippen molar-refractivity contribution < 1.29 is 27.4 Å². The molecule has 2 aromatic rings. The Balaban J connectivity index is 2.18. The molecule has 1 aromatic heterocycles. The molecule has 2 N–H and O–H groups in total. The predicted octanol–water partition coefficient (Wildman–Crippen LogP) is 2.58. The Morgan fingerprint density at radius 2 is 1.80 bits per heavy atom. The summed E-state index contributed by atoms with van der Waals surface area (Å²) < 4.78 is 55.0. The maximum absolute atomic E-state index is 14.5. The Morgan fingerprint density at radius 1 is 1.13 bits per heavy atom. The van der Waals surface area contributed by atoms with E-state index >= 15 is 0 Å². The molecule has 0 saturated carbocycles. The number of hydrogen-bond acceptors (Lipinski definition) is 6. The minimum Gasteiger partial charge on any atom is -0.396 e. The number of aliphatic hydroxyl groups excluding tert-OH is 1. The standard InChI is InChI=1S/C20H29F2N3O4S/c1-16(30(28,29)11-7-5-3-2-4-6-10-26)20(27,13-25-15-23-14-24-25)18-9-8-17(21)12-19(18)22/h8-9,12,14-16,26-27H,2-7,10-11,13H2,1H3/t16-,20-/m1/s1. The summed E-state index contributed by atoms with van der Waals surface area (Å²) >= 11 is 0. The van der Waals surface area contributed by atoms with Crippen LogP contribution in [0.4, 0.5) is 8.78 Å². The van der Waals surface area contributed by atoms with E-state index in [1.165, 1.54) is 24.3 Å². The Bertz CT molecular complexity index is 893. The van der Waals surface area contributed by atoms with Crippen molar-refractivity contribution in [3.05, 3.63) is 48.1 Å². The zero-order valence-electron chi connectivity index (χ0n) is 17.0. The molecule has 0 aliphatic heterocycles. The minimum atomic E-state index is -3.81. The van der Waals surface area contributed by atoms with Gasteiger partial charge in [-0.15, -0.1) is 0 Å². The van der Waals surface area contributed by atoms with Crippen LogP contribution in [0, 0.1) is 11.6 Å². The van der Waals surface area contributed by atoms with Crippen LogP contribution in [0.2, 0.25) is 0 Å². The van der Waals surface area contributed by atoms with Crippen LogP contribution < -0.4 is 0 Å². The molecule has 0 bridgehead atoms. The second-order valence-electron chi connectivity index (χ2n) is 7.50. The average molecular weight is 446 g/mol. The van der Waals surface area contributed by atoms with Crippen LogP contribution in [-0.2, 0) is 22.0 Å². The van der Waals surface area contributed by atoms with Crippen molar-refractivity contribution in [2.24, 2.45) is 0 Å². The first kappa shape index (κ1) is 24.4. The lowest BCUT2D eigenvalue weighted by atomic mass is 9.90. The third-order valence-electron chi connectivity index (χ3n) is 5.32. The molecule has 0 unspecified atom stereocenters. The highest BCUT2D eigenvalue weighted by Crippen LogP contribution is 2.34. The highest BCUT2D eigenvalue weighted by atomic mass is 32.2. The summed E-state index contributed by atoms with van der Waals surface area (Å²) in [4.78, 5) is 3.77. The number of sulfone groups is 1. The Labute approximate surface area is 175 Å². The van der Waals surface area contributed by atoms with Gasteiger partial charge in [0.15, 0.2) is 9.84 Å². The minimum absolute atomic E-state index is 0.149. The van der Waals surface area contributed by atoms with E-state index in [1.807, 2.05) is 0 Å². The van der Waals surface area contributed by atoms with Gasteiger partial charge in [-0.3, -0.25) is 0 Å². The Morgan fingerprint density at radius 3 is 2.40 bits per heavy atom. The number of unbranched alkanes of at least 4 members (excludes halogenated alkanes) is 5. The van der Waals surface area contributed by atoms with Gasteiger partial charge in [0, 0.05) is 18.2 Å². The van der Waals surface area contributed by atoms with Crippen molar-refractivity contribution in [1.29, 1.82) is 0 Å². The average Bonchev–Trinajstić information content (AvgIpc) is 3.19. The normalized spacial score (nSPS) is 15.1. The molecule has 0 aliphatic rings. The van der Waals surface area contributed by atoms with E-state index in [0.29, 0.717) is 18.9 Å². The highest BCUT2D eigenvalue weighted by molar-refractivity contribution is 7.92. The van der Waals surface area contributed by atoms with Gasteiger partial charge in [-0.25, -0.2) is 26.9 Å². The van der Waals surface area contributed by atoms with Crippen molar-refractivity contribution in [2.45, 2.75) is 62.8 Å². The van der Waals surface area contributed by atoms with E-state index in [1.54, 1.807) is 0 Å². The van der Waals surface area contributed by atoms with E-state index in [9.17, 15) is 22.3 Å². The molecule has 7 nitrogen and oxygen atoms in total. The number of nitrogens with zero attached hydrogens (tertiary/aromatic N) is 3. The number of halogens is 2. The first-order chi connectivity index (χ1) is 14.2. The zero-order chi connectivity index (χ0) is 22.2. The lowest BCUT2D eigenvalue weighted by molar-refractivity contribution is 0.0110. The van der Waals surface area contributed by atoms with Crippen LogP contribution in [0.1, 0.15) is 51.0 Å². The van der Waals surface area contributed by atoms with Crippen LogP contribution in [0.15, 0.2) is 30.9 Å². The summed E-state index contributed by atoms with van der Waals surface area (Å²) in [6, 6.07) is 2.67. The largest absolute Gasteiger partial charge is 0.396 e. The summed E-state index contributed by atoms with van der Waals surface area (Å²) in [5.41, 5.74) is -2.47. The van der Waals surface area contributed by atoms with Gasteiger partial charge < -0.3 is 10.2 Å². The second kappa shape index (κ2) is 10.9. The van der Waals surface area contributed by atoms with Crippen molar-refractivity contribution in [1.82, 2.24) is 14.8 Å². The molecule has 2 rings (SSSR count). The number of aliphatic hydroxyl groups is 2. The predicted molar refractivity (Wildman–Crippen MR) is 108 cm³/mol. The van der Waals surface area contributed by atoms with Gasteiger partial charge in [0.25, 0.3) is 0 Å². The van der Waals surface area contributed by atoms with Crippen LogP contribution in [-0.4, -0.2) is 51.0 Å². The molecule has 30 heavy (non-hydrogen) atoms. The Hall–Kier alpha value is -1.91. The van der Waals surface area contributed by atoms with Gasteiger partial charge in [0.2, 0.25) is 0 Å². The highest BCUT2D eigenvalue weighted by Gasteiger charge is 2.45. The molecular weight excluding hydrogens is 416 g/mol. The van der Waals surface area contributed by atoms with Crippen LogP contribution >= 0.6 is 0 Å². The van der Waals surface area contributed by atoms with Crippen molar-refractivity contribution in [3.8, 4) is 0 Å². The maximum atomic E-state index is 14.5. The van der Waals surface area contributed by atoms with Crippen molar-refractivity contribution in [3.63, 3.8) is 0 Å². The maximum Gasteiger partial charge on any atom is 0.156 e. The van der Waals surface area contributed by atoms with E-state index in [-0.39, 0.29) is 24.5 Å². The van der Waals surface area contributed by atoms with Crippen molar-refractivity contribution >= 4 is 9.84 Å². The quantitative estimate of drug-likeness (QED) is 0.459. The molecule has 0 radical (unpaired) electrons. The molecule has 0 amide bonds. The van der Waals surface area contributed by atoms with E-state index in [4.69, 9.17) is 5.11 Å². The summed E-state index contributed by atoms with van der Waals surface area (Å²) in [5, 5.41) is 22.7. The first-order valence-electron chi connectivity index (χ1n) is 10.0. The summed E-state index contributed by atoms with van der Waals surface area (Å²) in [6.45, 7) is 1.13. The first-order valence-corrected chi connectivity index (χ1v) is 11.7. The molecule has 168 valence electrons. The van der Waals surface area contributed by atoms with Crippen LogP contribution in [0.5, 0.6) is 0 Å². The SMILES string of the molecule is C[C@H]([C@](O)(Cn1cncn1)c1ccc(F)cc1F)S(=O)(=O)CCCCCCCCO. The van der Waals surface area contributed by atoms with Gasteiger partial charge in [-0.1, -0.05) is 31.7 Å². The zero-order valence-corrected chi connectivity index (χ0v) is 17.9. The lowest BCUT2D eigenvalue weighted by Gasteiger charge is -2.34. The molecule has 10 heteroatoms. The molecule has 1 heterocycles. The third kappa shape index (κ3) is 6.29. The van der Waals surface area contributed by atoms with E-state index < -0.39 is 32.3 Å². The van der Waals surface area contributed by atoms with Gasteiger partial charge >= 0.3 is 0 Å². The van der Waals surface area contributed by atoms with Gasteiger partial charge in [-0.05, 0) is 25.8 Å². The van der Waals surface area contributed by atoms with Crippen LogP contribution in [0.25, 0.3) is 0 Å². The fraction of sp³-hybridized carbons (Fsp3) is 0.600. The number of rotatable bonds is 13. The van der Waals surface area contributed by atoms with Gasteiger partial charge in [0.1, 0.15) is 29.9 Å². The third-order valence-corrected chi connectivity index (χ3v) is 7.64. The molecule has 0 saturated heterocycles. The van der Waals surface area contributed by atoms with Crippen molar-refractivity contribution in [2.75, 3.05) is 12.4 Å². The molecule has 2 atom stereocenters. The smallest absolute Gasteiger partial charge is 0.156 e. The molecular formula is C20H29F2N3O4S. The number of hydrogen-bond donors (Lipinski definition) is 2. The van der Waals surface area contributed by atoms with E-state index in [0.717, 1.165) is 37.8 Å². The Kier molecular flexibility index (Phi) is 8.87. The monoisotopic (exact) mass is 445 g/mol. The number of aromatic nitrogens is 3. The van der Waals surface area contributed by atoms with Crippen LogP contribution in [0.3, 0.4) is 0 Å².